The summed E-state index contributed by atoms with van der Waals surface area (Å²) in [5, 5.41) is 0. The van der Waals surface area contributed by atoms with Gasteiger partial charge in [0, 0.05) is 5.56 Å². The third kappa shape index (κ3) is 4.37. The fraction of sp³-hybridized carbons (Fsp3) is 0.296. The third-order valence-corrected chi connectivity index (χ3v) is 7.08. The van der Waals surface area contributed by atoms with E-state index in [1.807, 2.05) is 25.1 Å². The zero-order valence-corrected chi connectivity index (χ0v) is 21.7. The Kier molecular flexibility index (Phi) is 6.75. The molecule has 2 aliphatic rings. The molecule has 0 saturated carbocycles. The normalized spacial score (nSPS) is 16.3. The number of carbonyl (C=O) groups excluding carboxylic acids is 1. The maximum absolute atomic E-state index is 13.9. The van der Waals surface area contributed by atoms with E-state index in [-0.39, 0.29) is 17.9 Å². The molecule has 37 heavy (non-hydrogen) atoms. The number of methoxy groups -OCH3 is 2. The average Bonchev–Trinajstić information content (AvgIpc) is 3.49. The van der Waals surface area contributed by atoms with Crippen LogP contribution in [0.5, 0.6) is 23.0 Å². The molecule has 0 aliphatic carbocycles. The zero-order chi connectivity index (χ0) is 26.1. The van der Waals surface area contributed by atoms with Crippen LogP contribution in [0.3, 0.4) is 0 Å². The molecule has 3 aromatic rings. The highest BCUT2D eigenvalue weighted by Crippen LogP contribution is 2.41. The summed E-state index contributed by atoms with van der Waals surface area (Å²) in [5.41, 5.74) is 1.84. The molecule has 192 valence electrons. The Hall–Kier alpha value is -4.05. The Bertz CT molecular complexity index is 1580. The number of nitrogens with zero attached hydrogens (tertiary/aromatic N) is 2. The van der Waals surface area contributed by atoms with Crippen LogP contribution < -0.4 is 33.8 Å². The second-order valence-electron chi connectivity index (χ2n) is 8.41. The number of hydrogen-bond donors (Lipinski definition) is 0. The van der Waals surface area contributed by atoms with E-state index < -0.39 is 12.0 Å². The first kappa shape index (κ1) is 24.6. The van der Waals surface area contributed by atoms with Crippen molar-refractivity contribution in [3.63, 3.8) is 0 Å². The summed E-state index contributed by atoms with van der Waals surface area (Å²) in [4.78, 5) is 31.9. The van der Waals surface area contributed by atoms with Crippen molar-refractivity contribution < 1.29 is 28.5 Å². The third-order valence-electron chi connectivity index (χ3n) is 6.10. The van der Waals surface area contributed by atoms with Crippen LogP contribution in [0.15, 0.2) is 57.5 Å². The van der Waals surface area contributed by atoms with E-state index >= 15 is 0 Å². The molecule has 0 fully saturated rings. The van der Waals surface area contributed by atoms with E-state index in [1.165, 1.54) is 23.0 Å². The Labute approximate surface area is 216 Å². The van der Waals surface area contributed by atoms with E-state index in [0.717, 1.165) is 12.0 Å². The maximum atomic E-state index is 13.9. The largest absolute Gasteiger partial charge is 0.493 e. The van der Waals surface area contributed by atoms with E-state index in [0.29, 0.717) is 50.2 Å². The summed E-state index contributed by atoms with van der Waals surface area (Å²) >= 11 is 1.25. The van der Waals surface area contributed by atoms with Crippen LogP contribution in [-0.2, 0) is 9.53 Å². The van der Waals surface area contributed by atoms with Gasteiger partial charge in [-0.15, -0.1) is 0 Å². The van der Waals surface area contributed by atoms with Gasteiger partial charge in [-0.05, 0) is 43.2 Å². The first-order valence-corrected chi connectivity index (χ1v) is 12.6. The zero-order valence-electron chi connectivity index (χ0n) is 20.9. The Balaban J connectivity index is 1.73. The number of rotatable bonds is 7. The van der Waals surface area contributed by atoms with E-state index in [2.05, 4.69) is 4.99 Å². The lowest BCUT2D eigenvalue weighted by molar-refractivity contribution is -0.136. The summed E-state index contributed by atoms with van der Waals surface area (Å²) in [7, 11) is 2.86. The van der Waals surface area contributed by atoms with Gasteiger partial charge >= 0.3 is 5.97 Å². The molecule has 2 aliphatic heterocycles. The number of allylic oxidation sites excluding steroid dienone is 1. The lowest BCUT2D eigenvalue weighted by Gasteiger charge is -2.26. The van der Waals surface area contributed by atoms with E-state index in [4.69, 9.17) is 23.7 Å². The second-order valence-corrected chi connectivity index (χ2v) is 9.42. The van der Waals surface area contributed by atoms with Crippen LogP contribution in [0.25, 0.3) is 6.08 Å². The van der Waals surface area contributed by atoms with Gasteiger partial charge in [-0.3, -0.25) is 9.36 Å². The van der Waals surface area contributed by atoms with Crippen molar-refractivity contribution in [3.05, 3.63) is 78.5 Å². The molecule has 0 amide bonds. The van der Waals surface area contributed by atoms with Crippen LogP contribution in [-0.4, -0.2) is 38.2 Å². The number of thiazole rings is 1. The average molecular weight is 523 g/mol. The summed E-state index contributed by atoms with van der Waals surface area (Å²) in [6, 6.07) is 10.1. The molecule has 5 rings (SSSR count). The first-order chi connectivity index (χ1) is 18.0. The van der Waals surface area contributed by atoms with Gasteiger partial charge in [0.2, 0.25) is 6.79 Å². The molecule has 2 aromatic carbocycles. The van der Waals surface area contributed by atoms with Crippen molar-refractivity contribution in [1.82, 2.24) is 4.57 Å². The Morgan fingerprint density at radius 3 is 2.78 bits per heavy atom. The van der Waals surface area contributed by atoms with Crippen molar-refractivity contribution in [3.8, 4) is 23.0 Å². The van der Waals surface area contributed by atoms with Crippen molar-refractivity contribution in [2.45, 2.75) is 26.3 Å². The van der Waals surface area contributed by atoms with Crippen LogP contribution >= 0.6 is 11.3 Å². The monoisotopic (exact) mass is 522 g/mol. The SMILES string of the molecule is CCCOc1c(OC)cccc1C1C(C(=O)OC)=C(C)N=c2s/c(=C\c3ccc4c(c3)OCO4)c(=O)n21. The second kappa shape index (κ2) is 10.1. The van der Waals surface area contributed by atoms with Gasteiger partial charge < -0.3 is 23.7 Å². The van der Waals surface area contributed by atoms with Crippen molar-refractivity contribution >= 4 is 23.4 Å². The highest BCUT2D eigenvalue weighted by Gasteiger charge is 2.35. The molecule has 0 N–H and O–H groups in total. The number of fused-ring (bicyclic) bond motifs is 2. The van der Waals surface area contributed by atoms with Gasteiger partial charge in [-0.1, -0.05) is 36.5 Å². The van der Waals surface area contributed by atoms with Crippen LogP contribution in [0.1, 0.15) is 37.4 Å². The first-order valence-electron chi connectivity index (χ1n) is 11.8. The maximum Gasteiger partial charge on any atom is 0.338 e. The van der Waals surface area contributed by atoms with Gasteiger partial charge in [0.1, 0.15) is 6.04 Å². The summed E-state index contributed by atoms with van der Waals surface area (Å²) < 4.78 is 29.6. The number of benzene rings is 2. The Morgan fingerprint density at radius 2 is 2.03 bits per heavy atom. The van der Waals surface area contributed by atoms with Gasteiger partial charge in [-0.2, -0.15) is 0 Å². The molecule has 0 radical (unpaired) electrons. The number of esters is 1. The molecule has 10 heteroatoms. The van der Waals surface area contributed by atoms with Crippen molar-refractivity contribution in [2.24, 2.45) is 4.99 Å². The fourth-order valence-corrected chi connectivity index (χ4v) is 5.46. The fourth-order valence-electron chi connectivity index (χ4n) is 4.41. The van der Waals surface area contributed by atoms with Crippen molar-refractivity contribution in [1.29, 1.82) is 0 Å². The summed E-state index contributed by atoms with van der Waals surface area (Å²) in [6.45, 7) is 4.34. The molecule has 9 nitrogen and oxygen atoms in total. The molecular weight excluding hydrogens is 496 g/mol. The van der Waals surface area contributed by atoms with E-state index in [1.54, 1.807) is 38.3 Å². The minimum atomic E-state index is -0.815. The number of ether oxygens (including phenoxy) is 5. The van der Waals surface area contributed by atoms with Gasteiger partial charge in [0.25, 0.3) is 5.56 Å². The molecule has 3 heterocycles. The molecule has 1 atom stereocenters. The predicted octanol–water partition coefficient (Wildman–Crippen LogP) is 2.93. The molecule has 1 unspecified atom stereocenters. The van der Waals surface area contributed by atoms with Gasteiger partial charge in [0.05, 0.1) is 36.6 Å². The number of hydrogen-bond acceptors (Lipinski definition) is 9. The predicted molar refractivity (Wildman–Crippen MR) is 137 cm³/mol. The smallest absolute Gasteiger partial charge is 0.338 e. The van der Waals surface area contributed by atoms with Crippen LogP contribution in [0.4, 0.5) is 0 Å². The minimum absolute atomic E-state index is 0.166. The number of carbonyl (C=O) groups is 1. The standard InChI is InChI=1S/C27H26N2O7S/c1-5-11-34-24-17(7-6-8-19(24)32-3)23-22(26(31)33-4)15(2)28-27-29(23)25(30)21(37-27)13-16-9-10-18-20(12-16)36-14-35-18/h6-10,12-13,23H,5,11,14H2,1-4H3/b21-13-. The van der Waals surface area contributed by atoms with Crippen LogP contribution in [0.2, 0.25) is 0 Å². The highest BCUT2D eigenvalue weighted by atomic mass is 32.1. The van der Waals surface area contributed by atoms with Gasteiger partial charge in [-0.25, -0.2) is 9.79 Å². The minimum Gasteiger partial charge on any atom is -0.493 e. The molecule has 0 spiro atoms. The molecular formula is C27H26N2O7S. The highest BCUT2D eigenvalue weighted by molar-refractivity contribution is 7.07. The quantitative estimate of drug-likeness (QED) is 0.440. The lowest BCUT2D eigenvalue weighted by Crippen LogP contribution is -2.40. The van der Waals surface area contributed by atoms with Crippen LogP contribution in [0, 0.1) is 0 Å². The molecule has 1 aromatic heterocycles. The topological polar surface area (TPSA) is 97.6 Å². The van der Waals surface area contributed by atoms with E-state index in [9.17, 15) is 9.59 Å². The summed E-state index contributed by atoms with van der Waals surface area (Å²) in [5.74, 6) is 1.69. The van der Waals surface area contributed by atoms with Crippen molar-refractivity contribution in [2.75, 3.05) is 27.6 Å². The Morgan fingerprint density at radius 1 is 1.22 bits per heavy atom. The van der Waals surface area contributed by atoms with Gasteiger partial charge in [0.15, 0.2) is 27.8 Å². The molecule has 0 bridgehead atoms. The molecule has 0 saturated heterocycles. The number of para-hydroxylation sites is 1. The number of aromatic nitrogens is 1. The summed E-state index contributed by atoms with van der Waals surface area (Å²) in [6.07, 6.45) is 2.55. The lowest BCUT2D eigenvalue weighted by atomic mass is 9.94.